The molecule has 4 rings (SSSR count). The first kappa shape index (κ1) is 22.9. The minimum absolute atomic E-state index is 0.0810. The Labute approximate surface area is 196 Å². The molecular weight excluding hydrogens is 434 g/mol. The fourth-order valence-electron chi connectivity index (χ4n) is 3.70. The zero-order valence-electron chi connectivity index (χ0n) is 19.5. The fraction of sp³-hybridized carbons (Fsp3) is 0.240. The Morgan fingerprint density at radius 2 is 1.71 bits per heavy atom. The Kier molecular flexibility index (Phi) is 6.27. The predicted octanol–water partition coefficient (Wildman–Crippen LogP) is 3.09. The first-order valence-corrected chi connectivity index (χ1v) is 10.8. The summed E-state index contributed by atoms with van der Waals surface area (Å²) < 4.78 is 7.91. The molecule has 174 valence electrons. The maximum absolute atomic E-state index is 13.0. The lowest BCUT2D eigenvalue weighted by atomic mass is 10.2. The van der Waals surface area contributed by atoms with E-state index in [9.17, 15) is 14.4 Å². The molecule has 4 aromatic rings. The molecule has 34 heavy (non-hydrogen) atoms. The number of amides is 1. The topological polar surface area (TPSA) is 108 Å². The molecule has 0 bridgehead atoms. The van der Waals surface area contributed by atoms with Crippen LogP contribution in [0.3, 0.4) is 0 Å². The van der Waals surface area contributed by atoms with Crippen molar-refractivity contribution >= 4 is 28.7 Å². The van der Waals surface area contributed by atoms with E-state index in [1.54, 1.807) is 36.0 Å². The van der Waals surface area contributed by atoms with Crippen LogP contribution in [0.25, 0.3) is 16.9 Å². The molecule has 0 aliphatic rings. The molecule has 9 heteroatoms. The summed E-state index contributed by atoms with van der Waals surface area (Å²) in [5.41, 5.74) is 4.86. The monoisotopic (exact) mass is 459 g/mol. The lowest BCUT2D eigenvalue weighted by Gasteiger charge is -2.09. The first-order chi connectivity index (χ1) is 16.3. The summed E-state index contributed by atoms with van der Waals surface area (Å²) in [6, 6.07) is 14.2. The number of aromatic nitrogens is 4. The van der Waals surface area contributed by atoms with Crippen LogP contribution in [-0.2, 0) is 23.0 Å². The van der Waals surface area contributed by atoms with Crippen LogP contribution >= 0.6 is 0 Å². The van der Waals surface area contributed by atoms with E-state index in [1.807, 2.05) is 38.1 Å². The molecule has 0 saturated heterocycles. The lowest BCUT2D eigenvalue weighted by molar-refractivity contribution is -0.116. The number of nitrogens with zero attached hydrogens (tertiary/aromatic N) is 4. The van der Waals surface area contributed by atoms with E-state index in [4.69, 9.17) is 0 Å². The number of rotatable bonds is 6. The number of carbonyl (C=O) groups is 2. The number of anilines is 1. The van der Waals surface area contributed by atoms with Crippen LogP contribution in [0.4, 0.5) is 5.69 Å². The molecule has 0 fully saturated rings. The molecule has 0 aliphatic carbocycles. The summed E-state index contributed by atoms with van der Waals surface area (Å²) >= 11 is 0. The average molecular weight is 460 g/mol. The first-order valence-electron chi connectivity index (χ1n) is 10.8. The number of esters is 1. The third-order valence-electron chi connectivity index (χ3n) is 5.58. The second-order valence-electron chi connectivity index (χ2n) is 8.04. The van der Waals surface area contributed by atoms with Crippen molar-refractivity contribution in [2.75, 3.05) is 12.4 Å². The number of hydrogen-bond acceptors (Lipinski definition) is 6. The van der Waals surface area contributed by atoms with Crippen LogP contribution in [-0.4, -0.2) is 38.3 Å². The molecule has 9 nitrogen and oxygen atoms in total. The van der Waals surface area contributed by atoms with Gasteiger partial charge in [-0.1, -0.05) is 17.7 Å². The standard InChI is InChI=1S/C25H25N5O4/c1-15-5-11-19(12-6-15)30-23-22(16(2)28-30)27-20(24(32)29(23)3)13-14-21(31)26-18-9-7-17(8-10-18)25(33)34-4/h5-12H,13-14H2,1-4H3,(H,26,31). The Bertz CT molecular complexity index is 1430. The van der Waals surface area contributed by atoms with Crippen LogP contribution in [0.5, 0.6) is 0 Å². The molecule has 0 spiro atoms. The quantitative estimate of drug-likeness (QED) is 0.444. The maximum Gasteiger partial charge on any atom is 0.337 e. The number of methoxy groups -OCH3 is 1. The number of carbonyl (C=O) groups excluding carboxylic acids is 2. The van der Waals surface area contributed by atoms with Crippen molar-refractivity contribution in [3.63, 3.8) is 0 Å². The summed E-state index contributed by atoms with van der Waals surface area (Å²) in [6.45, 7) is 3.85. The van der Waals surface area contributed by atoms with Crippen molar-refractivity contribution in [2.45, 2.75) is 26.7 Å². The van der Waals surface area contributed by atoms with Crippen LogP contribution in [0.2, 0.25) is 0 Å². The summed E-state index contributed by atoms with van der Waals surface area (Å²) in [7, 11) is 2.99. The van der Waals surface area contributed by atoms with Crippen molar-refractivity contribution in [1.29, 1.82) is 0 Å². The summed E-state index contributed by atoms with van der Waals surface area (Å²) in [5.74, 6) is -0.710. The smallest absolute Gasteiger partial charge is 0.337 e. The van der Waals surface area contributed by atoms with Crippen LogP contribution in [0, 0.1) is 13.8 Å². The van der Waals surface area contributed by atoms with E-state index in [0.29, 0.717) is 33.8 Å². The summed E-state index contributed by atoms with van der Waals surface area (Å²) in [4.78, 5) is 41.6. The number of aryl methyl sites for hydroxylation is 4. The highest BCUT2D eigenvalue weighted by atomic mass is 16.5. The molecule has 0 saturated carbocycles. The fourth-order valence-corrected chi connectivity index (χ4v) is 3.70. The molecule has 2 aromatic carbocycles. The van der Waals surface area contributed by atoms with Gasteiger partial charge in [0.05, 0.1) is 24.1 Å². The van der Waals surface area contributed by atoms with Crippen molar-refractivity contribution in [3.05, 3.63) is 81.4 Å². The normalized spacial score (nSPS) is 10.9. The molecule has 0 unspecified atom stereocenters. The maximum atomic E-state index is 13.0. The van der Waals surface area contributed by atoms with Gasteiger partial charge in [-0.05, 0) is 50.2 Å². The number of hydrogen-bond donors (Lipinski definition) is 1. The number of ether oxygens (including phenoxy) is 1. The third-order valence-corrected chi connectivity index (χ3v) is 5.58. The number of fused-ring (bicyclic) bond motifs is 1. The van der Waals surface area contributed by atoms with Gasteiger partial charge in [0.15, 0.2) is 5.65 Å². The van der Waals surface area contributed by atoms with E-state index in [0.717, 1.165) is 11.3 Å². The Morgan fingerprint density at radius 3 is 2.35 bits per heavy atom. The highest BCUT2D eigenvalue weighted by molar-refractivity contribution is 5.93. The molecule has 0 radical (unpaired) electrons. The van der Waals surface area contributed by atoms with E-state index >= 15 is 0 Å². The van der Waals surface area contributed by atoms with E-state index in [1.165, 1.54) is 11.7 Å². The molecule has 1 N–H and O–H groups in total. The SMILES string of the molecule is COC(=O)c1ccc(NC(=O)CCc2nc3c(C)nn(-c4ccc(C)cc4)c3n(C)c2=O)cc1. The molecule has 2 aromatic heterocycles. The Balaban J connectivity index is 1.53. The zero-order chi connectivity index (χ0) is 24.4. The van der Waals surface area contributed by atoms with Crippen LogP contribution in [0.15, 0.2) is 53.3 Å². The Hall–Kier alpha value is -4.27. The van der Waals surface area contributed by atoms with Gasteiger partial charge in [-0.2, -0.15) is 5.10 Å². The molecule has 1 amide bonds. The van der Waals surface area contributed by atoms with Crippen molar-refractivity contribution in [2.24, 2.45) is 7.05 Å². The second-order valence-corrected chi connectivity index (χ2v) is 8.04. The largest absolute Gasteiger partial charge is 0.465 e. The van der Waals surface area contributed by atoms with Gasteiger partial charge in [-0.15, -0.1) is 0 Å². The summed E-state index contributed by atoms with van der Waals surface area (Å²) in [6.07, 6.45) is 0.265. The van der Waals surface area contributed by atoms with Crippen LogP contribution in [0.1, 0.15) is 33.7 Å². The van der Waals surface area contributed by atoms with Gasteiger partial charge >= 0.3 is 5.97 Å². The molecule has 2 heterocycles. The predicted molar refractivity (Wildman–Crippen MR) is 128 cm³/mol. The number of benzene rings is 2. The van der Waals surface area contributed by atoms with Crippen molar-refractivity contribution in [1.82, 2.24) is 19.3 Å². The minimum atomic E-state index is -0.448. The second kappa shape index (κ2) is 9.30. The molecule has 0 aliphatic heterocycles. The van der Waals surface area contributed by atoms with Gasteiger partial charge < -0.3 is 10.1 Å². The van der Waals surface area contributed by atoms with Crippen molar-refractivity contribution < 1.29 is 14.3 Å². The molecule has 0 atom stereocenters. The van der Waals surface area contributed by atoms with E-state index in [-0.39, 0.29) is 24.3 Å². The van der Waals surface area contributed by atoms with Crippen molar-refractivity contribution in [3.8, 4) is 5.69 Å². The van der Waals surface area contributed by atoms with Crippen LogP contribution < -0.4 is 10.9 Å². The van der Waals surface area contributed by atoms with Gasteiger partial charge in [0, 0.05) is 25.6 Å². The lowest BCUT2D eigenvalue weighted by Crippen LogP contribution is -2.25. The van der Waals surface area contributed by atoms with E-state index in [2.05, 4.69) is 20.1 Å². The average Bonchev–Trinajstić information content (AvgIpc) is 3.17. The Morgan fingerprint density at radius 1 is 1.03 bits per heavy atom. The van der Waals surface area contributed by atoms with E-state index < -0.39 is 5.97 Å². The third kappa shape index (κ3) is 4.45. The van der Waals surface area contributed by atoms with Gasteiger partial charge in [0.1, 0.15) is 11.2 Å². The summed E-state index contributed by atoms with van der Waals surface area (Å²) in [5, 5.41) is 7.36. The number of nitrogens with one attached hydrogen (secondary N) is 1. The minimum Gasteiger partial charge on any atom is -0.465 e. The van der Waals surface area contributed by atoms with Gasteiger partial charge in [-0.25, -0.2) is 14.5 Å². The zero-order valence-corrected chi connectivity index (χ0v) is 19.5. The van der Waals surface area contributed by atoms with Gasteiger partial charge in [-0.3, -0.25) is 14.2 Å². The highest BCUT2D eigenvalue weighted by Gasteiger charge is 2.18. The van der Waals surface area contributed by atoms with Gasteiger partial charge in [0.25, 0.3) is 5.56 Å². The highest BCUT2D eigenvalue weighted by Crippen LogP contribution is 2.20. The van der Waals surface area contributed by atoms with Gasteiger partial charge in [0.2, 0.25) is 5.91 Å². The molecular formula is C25H25N5O4.